The first-order chi connectivity index (χ1) is 13.9. The molecule has 0 amide bonds. The maximum Gasteiger partial charge on any atom is 0.159 e. The quantitative estimate of drug-likeness (QED) is 0.419. The lowest BCUT2D eigenvalue weighted by Crippen LogP contribution is -2.10. The van der Waals surface area contributed by atoms with E-state index in [9.17, 15) is 5.11 Å². The third-order valence-electron chi connectivity index (χ3n) is 5.25. The molecule has 2 N–H and O–H groups in total. The minimum Gasteiger partial charge on any atom is -0.508 e. The first-order valence-corrected chi connectivity index (χ1v) is 9.68. The highest BCUT2D eigenvalue weighted by atomic mass is 16.3. The predicted octanol–water partition coefficient (Wildman–Crippen LogP) is 5.57. The fourth-order valence-electron chi connectivity index (χ4n) is 3.62. The fourth-order valence-corrected chi connectivity index (χ4v) is 3.62. The molecule has 0 aliphatic rings. The Morgan fingerprint density at radius 2 is 1.69 bits per heavy atom. The second-order valence-corrected chi connectivity index (χ2v) is 8.36. The van der Waals surface area contributed by atoms with E-state index in [0.29, 0.717) is 0 Å². The van der Waals surface area contributed by atoms with Gasteiger partial charge in [-0.25, -0.2) is 9.67 Å². The molecule has 5 rings (SSSR count). The number of benzene rings is 3. The van der Waals surface area contributed by atoms with Crippen molar-refractivity contribution in [3.63, 3.8) is 0 Å². The molecule has 3 aromatic carbocycles. The Morgan fingerprint density at radius 3 is 2.45 bits per heavy atom. The number of nitrogens with one attached hydrogen (secondary N) is 1. The van der Waals surface area contributed by atoms with Crippen LogP contribution in [0, 0.1) is 0 Å². The highest BCUT2D eigenvalue weighted by Crippen LogP contribution is 2.31. The van der Waals surface area contributed by atoms with Gasteiger partial charge in [-0.2, -0.15) is 5.10 Å². The number of para-hydroxylation sites is 1. The summed E-state index contributed by atoms with van der Waals surface area (Å²) >= 11 is 0. The van der Waals surface area contributed by atoms with Crippen molar-refractivity contribution < 1.29 is 5.11 Å². The van der Waals surface area contributed by atoms with E-state index in [2.05, 4.69) is 50.0 Å². The van der Waals surface area contributed by atoms with E-state index >= 15 is 0 Å². The van der Waals surface area contributed by atoms with Crippen molar-refractivity contribution >= 4 is 21.9 Å². The van der Waals surface area contributed by atoms with Crippen LogP contribution in [0.15, 0.2) is 66.7 Å². The van der Waals surface area contributed by atoms with Crippen molar-refractivity contribution in [1.82, 2.24) is 19.7 Å². The van der Waals surface area contributed by atoms with Crippen LogP contribution in [0.1, 0.15) is 26.3 Å². The zero-order valence-corrected chi connectivity index (χ0v) is 16.6. The third-order valence-corrected chi connectivity index (χ3v) is 5.25. The van der Waals surface area contributed by atoms with Gasteiger partial charge in [-0.05, 0) is 53.4 Å². The molecule has 0 atom stereocenters. The molecular weight excluding hydrogens is 360 g/mol. The molecule has 144 valence electrons. The number of rotatable bonds is 2. The van der Waals surface area contributed by atoms with Crippen LogP contribution < -0.4 is 0 Å². The van der Waals surface area contributed by atoms with Gasteiger partial charge >= 0.3 is 0 Å². The lowest BCUT2D eigenvalue weighted by molar-refractivity contribution is 0.475. The van der Waals surface area contributed by atoms with Gasteiger partial charge in [0.05, 0.1) is 22.2 Å². The van der Waals surface area contributed by atoms with Crippen LogP contribution >= 0.6 is 0 Å². The van der Waals surface area contributed by atoms with E-state index in [1.54, 1.807) is 12.1 Å². The molecule has 0 aliphatic carbocycles. The Hall–Kier alpha value is -3.60. The lowest BCUT2D eigenvalue weighted by Gasteiger charge is -2.18. The predicted molar refractivity (Wildman–Crippen MR) is 117 cm³/mol. The number of aromatic hydroxyl groups is 1. The molecule has 0 fully saturated rings. The van der Waals surface area contributed by atoms with Gasteiger partial charge in [0, 0.05) is 5.39 Å². The number of aromatic amines is 1. The summed E-state index contributed by atoms with van der Waals surface area (Å²) in [7, 11) is 0. The molecule has 0 saturated carbocycles. The molecule has 0 bridgehead atoms. The van der Waals surface area contributed by atoms with Gasteiger partial charge in [-0.1, -0.05) is 45.0 Å². The topological polar surface area (TPSA) is 66.7 Å². The monoisotopic (exact) mass is 382 g/mol. The number of aromatic nitrogens is 4. The Morgan fingerprint density at radius 1 is 0.931 bits per heavy atom. The van der Waals surface area contributed by atoms with Gasteiger partial charge in [0.15, 0.2) is 5.82 Å². The average molecular weight is 382 g/mol. The van der Waals surface area contributed by atoms with Gasteiger partial charge in [-0.3, -0.25) is 0 Å². The largest absolute Gasteiger partial charge is 0.508 e. The normalized spacial score (nSPS) is 12.1. The minimum absolute atomic E-state index is 0.0760. The van der Waals surface area contributed by atoms with E-state index in [-0.39, 0.29) is 11.2 Å². The summed E-state index contributed by atoms with van der Waals surface area (Å²) in [5.74, 6) is 0.983. The highest BCUT2D eigenvalue weighted by Gasteiger charge is 2.18. The molecule has 0 saturated heterocycles. The van der Waals surface area contributed by atoms with E-state index < -0.39 is 0 Å². The Labute approximate surface area is 168 Å². The molecule has 5 aromatic rings. The number of hydrogen-bond donors (Lipinski definition) is 2. The molecule has 2 heterocycles. The molecular formula is C24H22N4O. The summed E-state index contributed by atoms with van der Waals surface area (Å²) in [5.41, 5.74) is 5.96. The summed E-state index contributed by atoms with van der Waals surface area (Å²) in [6, 6.07) is 21.5. The number of fused-ring (bicyclic) bond motifs is 2. The maximum absolute atomic E-state index is 9.62. The van der Waals surface area contributed by atoms with Gasteiger partial charge in [-0.15, -0.1) is 0 Å². The van der Waals surface area contributed by atoms with Crippen LogP contribution in [0.5, 0.6) is 5.75 Å². The van der Waals surface area contributed by atoms with Crippen molar-refractivity contribution in [2.45, 2.75) is 26.2 Å². The van der Waals surface area contributed by atoms with Gasteiger partial charge in [0.1, 0.15) is 11.4 Å². The van der Waals surface area contributed by atoms with Gasteiger partial charge < -0.3 is 10.1 Å². The van der Waals surface area contributed by atoms with Crippen LogP contribution in [0.3, 0.4) is 0 Å². The van der Waals surface area contributed by atoms with E-state index in [0.717, 1.165) is 39.1 Å². The summed E-state index contributed by atoms with van der Waals surface area (Å²) in [6.07, 6.45) is 0. The Balaban J connectivity index is 1.70. The zero-order valence-electron chi connectivity index (χ0n) is 16.6. The number of phenols is 1. The number of nitrogens with zero attached hydrogens (tertiary/aromatic N) is 3. The van der Waals surface area contributed by atoms with Gasteiger partial charge in [0.2, 0.25) is 0 Å². The van der Waals surface area contributed by atoms with Crippen molar-refractivity contribution in [3.05, 3.63) is 72.3 Å². The average Bonchev–Trinajstić information content (AvgIpc) is 3.29. The van der Waals surface area contributed by atoms with Crippen LogP contribution in [0.4, 0.5) is 0 Å². The first kappa shape index (κ1) is 17.5. The third kappa shape index (κ3) is 2.95. The summed E-state index contributed by atoms with van der Waals surface area (Å²) < 4.78 is 1.89. The van der Waals surface area contributed by atoms with Crippen molar-refractivity contribution in [1.29, 1.82) is 0 Å². The highest BCUT2D eigenvalue weighted by molar-refractivity contribution is 5.94. The first-order valence-electron chi connectivity index (χ1n) is 9.68. The van der Waals surface area contributed by atoms with Crippen LogP contribution in [-0.4, -0.2) is 24.9 Å². The number of phenolic OH excluding ortho intramolecular Hbond substituents is 1. The van der Waals surface area contributed by atoms with E-state index in [1.165, 1.54) is 5.56 Å². The molecule has 5 nitrogen and oxygen atoms in total. The smallest absolute Gasteiger partial charge is 0.159 e. The second kappa shape index (κ2) is 6.21. The molecule has 0 radical (unpaired) electrons. The molecule has 2 aromatic heterocycles. The maximum atomic E-state index is 9.62. The number of H-pyrrole nitrogens is 1. The van der Waals surface area contributed by atoms with E-state index in [1.807, 2.05) is 35.0 Å². The number of hydrogen-bond acceptors (Lipinski definition) is 3. The molecule has 0 aliphatic heterocycles. The molecule has 0 spiro atoms. The zero-order chi connectivity index (χ0) is 20.2. The van der Waals surface area contributed by atoms with Crippen molar-refractivity contribution in [3.8, 4) is 23.0 Å². The summed E-state index contributed by atoms with van der Waals surface area (Å²) in [5, 5.41) is 15.5. The minimum atomic E-state index is 0.0760. The Bertz CT molecular complexity index is 1340. The molecule has 0 unspecified atom stereocenters. The standard InChI is InChI=1S/C24H22N4O/c1-24(2,3)15-8-13-19-20(14-15)26-23(25-19)22-18-6-4-5-7-21(18)28(27-22)16-9-11-17(29)12-10-16/h4-14,29H,1-3H3,(H,25,26). The fraction of sp³-hybridized carbons (Fsp3) is 0.167. The van der Waals surface area contributed by atoms with E-state index in [4.69, 9.17) is 10.1 Å². The molecule has 5 heteroatoms. The Kier molecular flexibility index (Phi) is 3.74. The number of imidazole rings is 1. The van der Waals surface area contributed by atoms with Crippen molar-refractivity contribution in [2.75, 3.05) is 0 Å². The van der Waals surface area contributed by atoms with Crippen LogP contribution in [0.25, 0.3) is 39.1 Å². The van der Waals surface area contributed by atoms with Crippen molar-refractivity contribution in [2.24, 2.45) is 0 Å². The SMILES string of the molecule is CC(C)(C)c1ccc2nc(-c3nn(-c4ccc(O)cc4)c4ccccc34)[nH]c2c1. The summed E-state index contributed by atoms with van der Waals surface area (Å²) in [6.45, 7) is 6.62. The van der Waals surface area contributed by atoms with Gasteiger partial charge in [0.25, 0.3) is 0 Å². The second-order valence-electron chi connectivity index (χ2n) is 8.36. The lowest BCUT2D eigenvalue weighted by atomic mass is 9.87. The summed E-state index contributed by atoms with van der Waals surface area (Å²) in [4.78, 5) is 8.27. The molecule has 29 heavy (non-hydrogen) atoms. The van der Waals surface area contributed by atoms with Crippen LogP contribution in [-0.2, 0) is 5.41 Å². The van der Waals surface area contributed by atoms with Crippen LogP contribution in [0.2, 0.25) is 0 Å².